The zero-order chi connectivity index (χ0) is 19.2. The van der Waals surface area contributed by atoms with Gasteiger partial charge in [0.15, 0.2) is 0 Å². The number of amides is 2. The van der Waals surface area contributed by atoms with Crippen LogP contribution in [0.3, 0.4) is 0 Å². The van der Waals surface area contributed by atoms with Crippen LogP contribution in [0.1, 0.15) is 24.0 Å². The van der Waals surface area contributed by atoms with Gasteiger partial charge in [-0.2, -0.15) is 5.26 Å². The van der Waals surface area contributed by atoms with E-state index in [0.717, 1.165) is 57.7 Å². The Kier molecular flexibility index (Phi) is 6.43. The molecular weight excluding hydrogens is 342 g/mol. The Morgan fingerprint density at radius 1 is 1.15 bits per heavy atom. The molecule has 2 heterocycles. The molecule has 0 radical (unpaired) electrons. The summed E-state index contributed by atoms with van der Waals surface area (Å²) in [4.78, 5) is 30.3. The summed E-state index contributed by atoms with van der Waals surface area (Å²) < 4.78 is 0. The molecule has 0 saturated carbocycles. The minimum Gasteiger partial charge on any atom is -0.369 e. The van der Waals surface area contributed by atoms with Crippen LogP contribution in [0.2, 0.25) is 0 Å². The van der Waals surface area contributed by atoms with E-state index in [0.29, 0.717) is 12.1 Å². The number of likely N-dealkylation sites (tertiary alicyclic amines) is 1. The first kappa shape index (κ1) is 19.3. The number of rotatable bonds is 5. The van der Waals surface area contributed by atoms with E-state index in [9.17, 15) is 9.59 Å². The smallest absolute Gasteiger partial charge is 0.231 e. The Morgan fingerprint density at radius 3 is 2.63 bits per heavy atom. The number of piperidine rings is 1. The summed E-state index contributed by atoms with van der Waals surface area (Å²) >= 11 is 0. The lowest BCUT2D eigenvalue weighted by Gasteiger charge is -2.38. The molecule has 2 aliphatic rings. The van der Waals surface area contributed by atoms with Gasteiger partial charge in [0.25, 0.3) is 0 Å². The van der Waals surface area contributed by atoms with Gasteiger partial charge in [0.2, 0.25) is 11.8 Å². The van der Waals surface area contributed by atoms with E-state index in [1.54, 1.807) is 0 Å². The first-order chi connectivity index (χ1) is 13.0. The Morgan fingerprint density at radius 2 is 1.93 bits per heavy atom. The number of nitrogens with zero attached hydrogens (tertiary/aromatic N) is 4. The highest BCUT2D eigenvalue weighted by Gasteiger charge is 2.31. The quantitative estimate of drug-likeness (QED) is 0.811. The third-order valence-corrected chi connectivity index (χ3v) is 5.38. The summed E-state index contributed by atoms with van der Waals surface area (Å²) in [6.07, 6.45) is 1.81. The molecule has 0 spiro atoms. The van der Waals surface area contributed by atoms with Crippen LogP contribution < -0.4 is 5.73 Å². The van der Waals surface area contributed by atoms with Crippen LogP contribution in [0.5, 0.6) is 0 Å². The second-order valence-corrected chi connectivity index (χ2v) is 7.45. The minimum absolute atomic E-state index is 0.0306. The molecule has 1 atom stereocenters. The van der Waals surface area contributed by atoms with Crippen molar-refractivity contribution in [1.29, 1.82) is 5.26 Å². The summed E-state index contributed by atoms with van der Waals surface area (Å²) in [5.41, 5.74) is 7.09. The van der Waals surface area contributed by atoms with Crippen LogP contribution in [0, 0.1) is 17.2 Å². The zero-order valence-corrected chi connectivity index (χ0v) is 15.6. The molecule has 1 aromatic carbocycles. The lowest BCUT2D eigenvalue weighted by atomic mass is 9.96. The molecule has 2 N–H and O–H groups in total. The molecule has 7 heteroatoms. The summed E-state index contributed by atoms with van der Waals surface area (Å²) in [6.45, 7) is 5.62. The molecule has 0 unspecified atom stereocenters. The average molecular weight is 369 g/mol. The normalized spacial score (nSPS) is 21.6. The number of piperazine rings is 1. The molecule has 0 aliphatic carbocycles. The molecule has 0 aromatic heterocycles. The van der Waals surface area contributed by atoms with E-state index in [1.165, 1.54) is 0 Å². The lowest BCUT2D eigenvalue weighted by Crippen LogP contribution is -2.52. The van der Waals surface area contributed by atoms with Gasteiger partial charge in [0.1, 0.15) is 0 Å². The number of nitriles is 1. The standard InChI is InChI=1S/C20H27N5O2/c21-12-16-3-1-4-17(11-16)13-23-7-9-25(10-8-23)20(27)18-5-2-6-24(14-18)15-19(22)26/h1,3-4,11,18H,2,5-10,13-15H2,(H2,22,26)/t18-/m1/s1. The van der Waals surface area contributed by atoms with Crippen molar-refractivity contribution >= 4 is 11.8 Å². The first-order valence-corrected chi connectivity index (χ1v) is 9.56. The van der Waals surface area contributed by atoms with Crippen LogP contribution in [0.25, 0.3) is 0 Å². The van der Waals surface area contributed by atoms with Gasteiger partial charge in [-0.25, -0.2) is 0 Å². The number of primary amides is 1. The van der Waals surface area contributed by atoms with E-state index in [-0.39, 0.29) is 24.3 Å². The van der Waals surface area contributed by atoms with Crippen molar-refractivity contribution in [2.45, 2.75) is 19.4 Å². The Bertz CT molecular complexity index is 721. The molecule has 2 aliphatic heterocycles. The van der Waals surface area contributed by atoms with Gasteiger partial charge >= 0.3 is 0 Å². The Labute approximate surface area is 160 Å². The van der Waals surface area contributed by atoms with Gasteiger partial charge in [-0.15, -0.1) is 0 Å². The van der Waals surface area contributed by atoms with E-state index in [2.05, 4.69) is 11.0 Å². The molecule has 144 valence electrons. The monoisotopic (exact) mass is 369 g/mol. The number of nitrogens with two attached hydrogens (primary N) is 1. The molecule has 3 rings (SSSR count). The zero-order valence-electron chi connectivity index (χ0n) is 15.6. The van der Waals surface area contributed by atoms with E-state index in [1.807, 2.05) is 34.1 Å². The SMILES string of the molecule is N#Cc1cccc(CN2CCN(C(=O)[C@@H]3CCCN(CC(N)=O)C3)CC2)c1. The van der Waals surface area contributed by atoms with Gasteiger partial charge in [-0.1, -0.05) is 12.1 Å². The molecule has 0 bridgehead atoms. The maximum Gasteiger partial charge on any atom is 0.231 e. The van der Waals surface area contributed by atoms with Crippen LogP contribution in [-0.2, 0) is 16.1 Å². The summed E-state index contributed by atoms with van der Waals surface area (Å²) in [7, 11) is 0. The second-order valence-electron chi connectivity index (χ2n) is 7.45. The van der Waals surface area contributed by atoms with E-state index < -0.39 is 0 Å². The highest BCUT2D eigenvalue weighted by atomic mass is 16.2. The molecule has 2 fully saturated rings. The lowest BCUT2D eigenvalue weighted by molar-refractivity contribution is -0.139. The number of carbonyl (C=O) groups excluding carboxylic acids is 2. The number of carbonyl (C=O) groups is 2. The van der Waals surface area contributed by atoms with Gasteiger partial charge in [0, 0.05) is 39.3 Å². The van der Waals surface area contributed by atoms with Crippen molar-refractivity contribution in [2.75, 3.05) is 45.8 Å². The first-order valence-electron chi connectivity index (χ1n) is 9.56. The Hall–Kier alpha value is -2.43. The molecule has 7 nitrogen and oxygen atoms in total. The topological polar surface area (TPSA) is 93.7 Å². The average Bonchev–Trinajstić information content (AvgIpc) is 2.68. The number of benzene rings is 1. The predicted octanol–water partition coefficient (Wildman–Crippen LogP) is 0.400. The largest absolute Gasteiger partial charge is 0.369 e. The molecular formula is C20H27N5O2. The van der Waals surface area contributed by atoms with Gasteiger partial charge in [-0.3, -0.25) is 19.4 Å². The van der Waals surface area contributed by atoms with Crippen LogP contribution in [-0.4, -0.2) is 72.3 Å². The van der Waals surface area contributed by atoms with Gasteiger partial charge < -0.3 is 10.6 Å². The van der Waals surface area contributed by atoms with Gasteiger partial charge in [0.05, 0.1) is 24.1 Å². The highest BCUT2D eigenvalue weighted by Crippen LogP contribution is 2.20. The second kappa shape index (κ2) is 8.98. The maximum atomic E-state index is 12.9. The van der Waals surface area contributed by atoms with E-state index in [4.69, 9.17) is 11.0 Å². The fourth-order valence-electron chi connectivity index (χ4n) is 4.00. The van der Waals surface area contributed by atoms with Crippen molar-refractivity contribution < 1.29 is 9.59 Å². The van der Waals surface area contributed by atoms with Crippen molar-refractivity contribution in [3.8, 4) is 6.07 Å². The Balaban J connectivity index is 1.49. The molecule has 1 aromatic rings. The van der Waals surface area contributed by atoms with Crippen molar-refractivity contribution in [3.63, 3.8) is 0 Å². The van der Waals surface area contributed by atoms with Crippen LogP contribution in [0.15, 0.2) is 24.3 Å². The molecule has 2 amide bonds. The minimum atomic E-state index is -0.336. The fraction of sp³-hybridized carbons (Fsp3) is 0.550. The van der Waals surface area contributed by atoms with Crippen molar-refractivity contribution in [3.05, 3.63) is 35.4 Å². The van der Waals surface area contributed by atoms with E-state index >= 15 is 0 Å². The predicted molar refractivity (Wildman–Crippen MR) is 101 cm³/mol. The maximum absolute atomic E-state index is 12.9. The highest BCUT2D eigenvalue weighted by molar-refractivity contribution is 5.80. The van der Waals surface area contributed by atoms with Crippen molar-refractivity contribution in [2.24, 2.45) is 11.7 Å². The fourth-order valence-corrected chi connectivity index (χ4v) is 4.00. The number of hydrogen-bond donors (Lipinski definition) is 1. The summed E-state index contributed by atoms with van der Waals surface area (Å²) in [5, 5.41) is 9.02. The van der Waals surface area contributed by atoms with Crippen LogP contribution >= 0.6 is 0 Å². The molecule has 27 heavy (non-hydrogen) atoms. The van der Waals surface area contributed by atoms with Gasteiger partial charge in [-0.05, 0) is 37.1 Å². The molecule has 2 saturated heterocycles. The summed E-state index contributed by atoms with van der Waals surface area (Å²) in [6, 6.07) is 9.86. The third-order valence-electron chi connectivity index (χ3n) is 5.38. The van der Waals surface area contributed by atoms with Crippen LogP contribution in [0.4, 0.5) is 0 Å². The number of hydrogen-bond acceptors (Lipinski definition) is 5. The van der Waals surface area contributed by atoms with Crippen molar-refractivity contribution in [1.82, 2.24) is 14.7 Å². The summed E-state index contributed by atoms with van der Waals surface area (Å²) in [5.74, 6) is -0.163. The third kappa shape index (κ3) is 5.28.